The molecule has 2 aliphatic rings. The molecule has 3 rings (SSSR count). The SMILES string of the molecule is CN(c1ccccn1)C1CCN(C(=O)C2CCOC2)CC1. The third kappa shape index (κ3) is 3.18. The van der Waals surface area contributed by atoms with Crippen LogP contribution in [0.2, 0.25) is 0 Å². The number of anilines is 1. The number of hydrogen-bond donors (Lipinski definition) is 0. The summed E-state index contributed by atoms with van der Waals surface area (Å²) in [6, 6.07) is 6.44. The van der Waals surface area contributed by atoms with Crippen molar-refractivity contribution in [2.24, 2.45) is 5.92 Å². The molecule has 0 radical (unpaired) electrons. The van der Waals surface area contributed by atoms with Crippen molar-refractivity contribution >= 4 is 11.7 Å². The minimum Gasteiger partial charge on any atom is -0.381 e. The van der Waals surface area contributed by atoms with Crippen LogP contribution in [-0.2, 0) is 9.53 Å². The third-order valence-corrected chi connectivity index (χ3v) is 4.61. The van der Waals surface area contributed by atoms with E-state index in [4.69, 9.17) is 4.74 Å². The summed E-state index contributed by atoms with van der Waals surface area (Å²) >= 11 is 0. The normalized spacial score (nSPS) is 23.3. The first-order chi connectivity index (χ1) is 10.3. The zero-order valence-corrected chi connectivity index (χ0v) is 12.6. The first kappa shape index (κ1) is 14.3. The molecule has 5 nitrogen and oxygen atoms in total. The number of amides is 1. The molecular weight excluding hydrogens is 266 g/mol. The van der Waals surface area contributed by atoms with Gasteiger partial charge in [-0.15, -0.1) is 0 Å². The maximum absolute atomic E-state index is 12.4. The number of carbonyl (C=O) groups excluding carboxylic acids is 1. The Hall–Kier alpha value is -1.62. The van der Waals surface area contributed by atoms with Crippen LogP contribution in [0.3, 0.4) is 0 Å². The molecule has 1 unspecified atom stereocenters. The standard InChI is InChI=1S/C16H23N3O2/c1-18(15-4-2-3-8-17-15)14-5-9-19(10-6-14)16(20)13-7-11-21-12-13/h2-4,8,13-14H,5-7,9-12H2,1H3. The van der Waals surface area contributed by atoms with E-state index in [-0.39, 0.29) is 11.8 Å². The van der Waals surface area contributed by atoms with E-state index in [0.717, 1.165) is 44.8 Å². The van der Waals surface area contributed by atoms with E-state index < -0.39 is 0 Å². The first-order valence-corrected chi connectivity index (χ1v) is 7.76. The summed E-state index contributed by atoms with van der Waals surface area (Å²) in [5, 5.41) is 0. The number of likely N-dealkylation sites (tertiary alicyclic amines) is 1. The van der Waals surface area contributed by atoms with Crippen LogP contribution >= 0.6 is 0 Å². The van der Waals surface area contributed by atoms with Gasteiger partial charge in [-0.05, 0) is 31.4 Å². The zero-order chi connectivity index (χ0) is 14.7. The molecule has 0 aliphatic carbocycles. The minimum atomic E-state index is 0.0927. The van der Waals surface area contributed by atoms with Crippen LogP contribution in [-0.4, -0.2) is 55.2 Å². The molecule has 21 heavy (non-hydrogen) atoms. The number of carbonyl (C=O) groups is 1. The quantitative estimate of drug-likeness (QED) is 0.847. The van der Waals surface area contributed by atoms with E-state index in [9.17, 15) is 4.79 Å². The van der Waals surface area contributed by atoms with Gasteiger partial charge in [-0.1, -0.05) is 6.07 Å². The zero-order valence-electron chi connectivity index (χ0n) is 12.6. The Balaban J connectivity index is 1.54. The molecule has 5 heteroatoms. The van der Waals surface area contributed by atoms with E-state index in [1.165, 1.54) is 0 Å². The molecule has 114 valence electrons. The fourth-order valence-electron chi connectivity index (χ4n) is 3.21. The van der Waals surface area contributed by atoms with Crippen molar-refractivity contribution in [3.63, 3.8) is 0 Å². The molecule has 1 aromatic rings. The Morgan fingerprint density at radius 2 is 2.14 bits per heavy atom. The van der Waals surface area contributed by atoms with Gasteiger partial charge in [-0.3, -0.25) is 4.79 Å². The number of aromatic nitrogens is 1. The largest absolute Gasteiger partial charge is 0.381 e. The second-order valence-electron chi connectivity index (χ2n) is 5.92. The van der Waals surface area contributed by atoms with Gasteiger partial charge >= 0.3 is 0 Å². The van der Waals surface area contributed by atoms with Gasteiger partial charge < -0.3 is 14.5 Å². The highest BCUT2D eigenvalue weighted by Gasteiger charge is 2.31. The van der Waals surface area contributed by atoms with Crippen molar-refractivity contribution in [3.8, 4) is 0 Å². The van der Waals surface area contributed by atoms with Crippen molar-refractivity contribution < 1.29 is 9.53 Å². The second kappa shape index (κ2) is 6.43. The topological polar surface area (TPSA) is 45.7 Å². The number of pyridine rings is 1. The van der Waals surface area contributed by atoms with E-state index in [2.05, 4.69) is 16.9 Å². The summed E-state index contributed by atoms with van der Waals surface area (Å²) in [5.74, 6) is 1.38. The molecule has 2 saturated heterocycles. The number of nitrogens with zero attached hydrogens (tertiary/aromatic N) is 3. The fourth-order valence-corrected chi connectivity index (χ4v) is 3.21. The molecule has 2 fully saturated rings. The molecular formula is C16H23N3O2. The van der Waals surface area contributed by atoms with Crippen LogP contribution in [0.15, 0.2) is 24.4 Å². The van der Waals surface area contributed by atoms with Gasteiger partial charge in [0.2, 0.25) is 5.91 Å². The molecule has 0 saturated carbocycles. The van der Waals surface area contributed by atoms with Crippen molar-refractivity contribution in [2.45, 2.75) is 25.3 Å². The van der Waals surface area contributed by atoms with Crippen LogP contribution in [0.4, 0.5) is 5.82 Å². The summed E-state index contributed by atoms with van der Waals surface area (Å²) < 4.78 is 5.32. The van der Waals surface area contributed by atoms with Crippen molar-refractivity contribution in [1.82, 2.24) is 9.88 Å². The molecule has 1 amide bonds. The minimum absolute atomic E-state index is 0.0927. The van der Waals surface area contributed by atoms with Crippen LogP contribution in [0, 0.1) is 5.92 Å². The van der Waals surface area contributed by atoms with E-state index in [1.54, 1.807) is 0 Å². The maximum Gasteiger partial charge on any atom is 0.228 e. The van der Waals surface area contributed by atoms with Crippen molar-refractivity contribution in [3.05, 3.63) is 24.4 Å². The Labute approximate surface area is 125 Å². The third-order valence-electron chi connectivity index (χ3n) is 4.61. The molecule has 0 aromatic carbocycles. The molecule has 1 aromatic heterocycles. The van der Waals surface area contributed by atoms with Gasteiger partial charge in [0, 0.05) is 39.0 Å². The maximum atomic E-state index is 12.4. The number of rotatable bonds is 3. The Morgan fingerprint density at radius 1 is 1.33 bits per heavy atom. The molecule has 0 N–H and O–H groups in total. The van der Waals surface area contributed by atoms with Crippen LogP contribution in [0.5, 0.6) is 0 Å². The highest BCUT2D eigenvalue weighted by atomic mass is 16.5. The Morgan fingerprint density at radius 3 is 2.76 bits per heavy atom. The van der Waals surface area contributed by atoms with Gasteiger partial charge in [0.25, 0.3) is 0 Å². The summed E-state index contributed by atoms with van der Waals surface area (Å²) in [6.07, 6.45) is 4.72. The van der Waals surface area contributed by atoms with Gasteiger partial charge in [0.1, 0.15) is 5.82 Å². The van der Waals surface area contributed by atoms with Gasteiger partial charge in [-0.25, -0.2) is 4.98 Å². The number of hydrogen-bond acceptors (Lipinski definition) is 4. The van der Waals surface area contributed by atoms with Gasteiger partial charge in [0.05, 0.1) is 12.5 Å². The fraction of sp³-hybridized carbons (Fsp3) is 0.625. The first-order valence-electron chi connectivity index (χ1n) is 7.76. The van der Waals surface area contributed by atoms with Crippen LogP contribution in [0.25, 0.3) is 0 Å². The van der Waals surface area contributed by atoms with Crippen LogP contribution in [0.1, 0.15) is 19.3 Å². The Kier molecular flexibility index (Phi) is 4.39. The second-order valence-corrected chi connectivity index (χ2v) is 5.92. The summed E-state index contributed by atoms with van der Waals surface area (Å²) in [6.45, 7) is 3.02. The monoisotopic (exact) mass is 289 g/mol. The highest BCUT2D eigenvalue weighted by molar-refractivity contribution is 5.79. The molecule has 0 bridgehead atoms. The number of ether oxygens (including phenoxy) is 1. The van der Waals surface area contributed by atoms with E-state index in [1.807, 2.05) is 29.3 Å². The lowest BCUT2D eigenvalue weighted by atomic mass is 10.0. The summed E-state index contributed by atoms with van der Waals surface area (Å²) in [7, 11) is 2.09. The lowest BCUT2D eigenvalue weighted by Crippen LogP contribution is -2.47. The summed E-state index contributed by atoms with van der Waals surface area (Å²) in [5.41, 5.74) is 0. The van der Waals surface area contributed by atoms with Crippen LogP contribution < -0.4 is 4.90 Å². The molecule has 0 spiro atoms. The van der Waals surface area contributed by atoms with Gasteiger partial charge in [0.15, 0.2) is 0 Å². The molecule has 3 heterocycles. The average molecular weight is 289 g/mol. The van der Waals surface area contributed by atoms with Crippen molar-refractivity contribution in [1.29, 1.82) is 0 Å². The van der Waals surface area contributed by atoms with E-state index in [0.29, 0.717) is 12.6 Å². The smallest absolute Gasteiger partial charge is 0.228 e. The number of piperidine rings is 1. The van der Waals surface area contributed by atoms with E-state index >= 15 is 0 Å². The average Bonchev–Trinajstić information content (AvgIpc) is 3.09. The summed E-state index contributed by atoms with van der Waals surface area (Å²) in [4.78, 5) is 21.0. The Bertz CT molecular complexity index is 466. The predicted molar refractivity (Wildman–Crippen MR) is 81.2 cm³/mol. The highest BCUT2D eigenvalue weighted by Crippen LogP contribution is 2.23. The lowest BCUT2D eigenvalue weighted by Gasteiger charge is -2.38. The lowest BCUT2D eigenvalue weighted by molar-refractivity contribution is -0.136. The van der Waals surface area contributed by atoms with Crippen molar-refractivity contribution in [2.75, 3.05) is 38.3 Å². The predicted octanol–water partition coefficient (Wildman–Crippen LogP) is 1.55. The molecule has 2 aliphatic heterocycles. The van der Waals surface area contributed by atoms with Gasteiger partial charge in [-0.2, -0.15) is 0 Å². The molecule has 1 atom stereocenters.